The Labute approximate surface area is 132 Å². The molecule has 0 aromatic heterocycles. The van der Waals surface area contributed by atoms with Gasteiger partial charge in [-0.3, -0.25) is 0 Å². The fourth-order valence-corrected chi connectivity index (χ4v) is 4.66. The molecule has 0 amide bonds. The molecule has 1 aliphatic carbocycles. The minimum atomic E-state index is 0.740. The molecular weight excluding hydrogens is 252 g/mol. The lowest BCUT2D eigenvalue weighted by Gasteiger charge is -2.44. The standard InChI is InChI=1S/C21H34/c1-11-10-20(17(7)13(3)12(11)2)21-18(8)15(5)14(4)16(6)19(21)9/h11-13,17,20H,10H2,1-9H3. The molecule has 0 radical (unpaired) electrons. The fourth-order valence-electron chi connectivity index (χ4n) is 4.66. The molecule has 0 heterocycles. The Bertz CT molecular complexity index is 508. The number of rotatable bonds is 1. The summed E-state index contributed by atoms with van der Waals surface area (Å²) in [5.41, 5.74) is 9.31. The third kappa shape index (κ3) is 2.56. The second-order valence-corrected chi connectivity index (χ2v) is 7.94. The Balaban J connectivity index is 2.57. The normalized spacial score (nSPS) is 33.3. The fraction of sp³-hybridized carbons (Fsp3) is 0.714. The van der Waals surface area contributed by atoms with Crippen molar-refractivity contribution in [2.24, 2.45) is 23.7 Å². The summed E-state index contributed by atoms with van der Waals surface area (Å²) in [6.07, 6.45) is 1.36. The van der Waals surface area contributed by atoms with Crippen LogP contribution in [0.15, 0.2) is 0 Å². The first kappa shape index (κ1) is 16.6. The predicted octanol–water partition coefficient (Wildman–Crippen LogP) is 6.26. The van der Waals surface area contributed by atoms with Crippen LogP contribution in [0.4, 0.5) is 0 Å². The van der Waals surface area contributed by atoms with E-state index in [1.165, 1.54) is 23.1 Å². The molecule has 5 unspecified atom stereocenters. The molecule has 2 rings (SSSR count). The van der Waals surface area contributed by atoms with Crippen molar-refractivity contribution in [3.63, 3.8) is 0 Å². The summed E-state index contributed by atoms with van der Waals surface area (Å²) in [6.45, 7) is 21.5. The molecule has 0 heteroatoms. The van der Waals surface area contributed by atoms with E-state index >= 15 is 0 Å². The molecule has 1 aliphatic rings. The van der Waals surface area contributed by atoms with Crippen LogP contribution in [-0.4, -0.2) is 0 Å². The van der Waals surface area contributed by atoms with E-state index in [1.807, 2.05) is 0 Å². The smallest absolute Gasteiger partial charge is 0.0126 e. The van der Waals surface area contributed by atoms with E-state index in [0.29, 0.717) is 0 Å². The highest BCUT2D eigenvalue weighted by atomic mass is 14.4. The monoisotopic (exact) mass is 286 g/mol. The van der Waals surface area contributed by atoms with Crippen molar-refractivity contribution < 1.29 is 0 Å². The maximum atomic E-state index is 2.49. The van der Waals surface area contributed by atoms with E-state index < -0.39 is 0 Å². The van der Waals surface area contributed by atoms with Gasteiger partial charge in [-0.1, -0.05) is 27.7 Å². The Kier molecular flexibility index (Phi) is 4.57. The topological polar surface area (TPSA) is 0 Å². The first-order chi connectivity index (χ1) is 9.68. The third-order valence-corrected chi connectivity index (χ3v) is 7.25. The second kappa shape index (κ2) is 5.78. The first-order valence-corrected chi connectivity index (χ1v) is 8.75. The third-order valence-electron chi connectivity index (χ3n) is 7.25. The molecular formula is C21H34. The van der Waals surface area contributed by atoms with Crippen LogP contribution in [0.2, 0.25) is 0 Å². The molecule has 5 atom stereocenters. The van der Waals surface area contributed by atoms with Gasteiger partial charge in [-0.15, -0.1) is 0 Å². The van der Waals surface area contributed by atoms with Crippen molar-refractivity contribution in [1.29, 1.82) is 0 Å². The van der Waals surface area contributed by atoms with Gasteiger partial charge in [0, 0.05) is 0 Å². The summed E-state index contributed by atoms with van der Waals surface area (Å²) < 4.78 is 0. The molecule has 1 saturated carbocycles. The highest BCUT2D eigenvalue weighted by Gasteiger charge is 2.38. The quantitative estimate of drug-likeness (QED) is 0.571. The minimum absolute atomic E-state index is 0.740. The average molecular weight is 287 g/mol. The lowest BCUT2D eigenvalue weighted by molar-refractivity contribution is 0.112. The van der Waals surface area contributed by atoms with Crippen LogP contribution in [0.5, 0.6) is 0 Å². The van der Waals surface area contributed by atoms with Gasteiger partial charge < -0.3 is 0 Å². The van der Waals surface area contributed by atoms with E-state index in [4.69, 9.17) is 0 Å². The van der Waals surface area contributed by atoms with Crippen LogP contribution in [-0.2, 0) is 0 Å². The van der Waals surface area contributed by atoms with Gasteiger partial charge in [-0.05, 0) is 104 Å². The van der Waals surface area contributed by atoms with Gasteiger partial charge in [-0.25, -0.2) is 0 Å². The largest absolute Gasteiger partial charge is 0.0622 e. The highest BCUT2D eigenvalue weighted by Crippen LogP contribution is 2.48. The summed E-state index contributed by atoms with van der Waals surface area (Å²) in [5.74, 6) is 4.03. The molecule has 0 bridgehead atoms. The molecule has 1 aromatic rings. The minimum Gasteiger partial charge on any atom is -0.0622 e. The molecule has 1 fully saturated rings. The Morgan fingerprint density at radius 2 is 1.00 bits per heavy atom. The molecule has 0 saturated heterocycles. The molecule has 0 aliphatic heterocycles. The molecule has 118 valence electrons. The van der Waals surface area contributed by atoms with E-state index in [-0.39, 0.29) is 0 Å². The van der Waals surface area contributed by atoms with Gasteiger partial charge in [0.25, 0.3) is 0 Å². The van der Waals surface area contributed by atoms with Gasteiger partial charge in [0.15, 0.2) is 0 Å². The van der Waals surface area contributed by atoms with Gasteiger partial charge in [0.05, 0.1) is 0 Å². The van der Waals surface area contributed by atoms with Gasteiger partial charge in [0.2, 0.25) is 0 Å². The summed E-state index contributed by atoms with van der Waals surface area (Å²) in [6, 6.07) is 0. The lowest BCUT2D eigenvalue weighted by Crippen LogP contribution is -2.34. The summed E-state index contributed by atoms with van der Waals surface area (Å²) >= 11 is 0. The maximum Gasteiger partial charge on any atom is -0.0126 e. The summed E-state index contributed by atoms with van der Waals surface area (Å²) in [5, 5.41) is 0. The van der Waals surface area contributed by atoms with Gasteiger partial charge in [-0.2, -0.15) is 0 Å². The molecule has 0 nitrogen and oxygen atoms in total. The first-order valence-electron chi connectivity index (χ1n) is 8.75. The van der Waals surface area contributed by atoms with Crippen LogP contribution < -0.4 is 0 Å². The van der Waals surface area contributed by atoms with Crippen LogP contribution in [0, 0.1) is 58.3 Å². The van der Waals surface area contributed by atoms with Crippen molar-refractivity contribution in [2.45, 2.75) is 74.7 Å². The van der Waals surface area contributed by atoms with Crippen LogP contribution in [0.3, 0.4) is 0 Å². The predicted molar refractivity (Wildman–Crippen MR) is 94.1 cm³/mol. The van der Waals surface area contributed by atoms with Crippen molar-refractivity contribution in [2.75, 3.05) is 0 Å². The SMILES string of the molecule is Cc1c(C)c(C)c(C2CC(C)C(C)C(C)C2C)c(C)c1C. The van der Waals surface area contributed by atoms with Crippen molar-refractivity contribution in [3.05, 3.63) is 33.4 Å². The Morgan fingerprint density at radius 1 is 0.571 bits per heavy atom. The zero-order valence-electron chi connectivity index (χ0n) is 15.6. The molecule has 0 spiro atoms. The van der Waals surface area contributed by atoms with Gasteiger partial charge in [0.1, 0.15) is 0 Å². The lowest BCUT2D eigenvalue weighted by atomic mass is 9.61. The zero-order chi connectivity index (χ0) is 16.1. The second-order valence-electron chi connectivity index (χ2n) is 7.94. The number of hydrogen-bond acceptors (Lipinski definition) is 0. The summed E-state index contributed by atoms with van der Waals surface area (Å²) in [7, 11) is 0. The van der Waals surface area contributed by atoms with E-state index in [1.54, 1.807) is 16.7 Å². The molecule has 21 heavy (non-hydrogen) atoms. The van der Waals surface area contributed by atoms with Crippen LogP contribution in [0.25, 0.3) is 0 Å². The van der Waals surface area contributed by atoms with Crippen LogP contribution >= 0.6 is 0 Å². The molecule has 1 aromatic carbocycles. The zero-order valence-corrected chi connectivity index (χ0v) is 15.6. The van der Waals surface area contributed by atoms with Crippen molar-refractivity contribution in [3.8, 4) is 0 Å². The summed E-state index contributed by atoms with van der Waals surface area (Å²) in [4.78, 5) is 0. The van der Waals surface area contributed by atoms with Crippen molar-refractivity contribution >= 4 is 0 Å². The molecule has 0 N–H and O–H groups in total. The highest BCUT2D eigenvalue weighted by molar-refractivity contribution is 5.51. The average Bonchev–Trinajstić information content (AvgIpc) is 2.46. The van der Waals surface area contributed by atoms with Crippen LogP contribution in [0.1, 0.15) is 73.4 Å². The van der Waals surface area contributed by atoms with E-state index in [9.17, 15) is 0 Å². The number of hydrogen-bond donors (Lipinski definition) is 0. The van der Waals surface area contributed by atoms with E-state index in [0.717, 1.165) is 29.6 Å². The van der Waals surface area contributed by atoms with E-state index in [2.05, 4.69) is 62.3 Å². The van der Waals surface area contributed by atoms with Gasteiger partial charge >= 0.3 is 0 Å². The number of benzene rings is 1. The Hall–Kier alpha value is -0.780. The maximum absolute atomic E-state index is 2.49. The Morgan fingerprint density at radius 3 is 1.48 bits per heavy atom. The van der Waals surface area contributed by atoms with Crippen molar-refractivity contribution in [1.82, 2.24) is 0 Å².